The summed E-state index contributed by atoms with van der Waals surface area (Å²) < 4.78 is 5.11. The van der Waals surface area contributed by atoms with Gasteiger partial charge in [-0.05, 0) is 32.4 Å². The van der Waals surface area contributed by atoms with Crippen molar-refractivity contribution in [3.8, 4) is 0 Å². The second-order valence-corrected chi connectivity index (χ2v) is 4.28. The number of anilines is 1. The number of hydrogen-bond donors (Lipinski definition) is 2. The summed E-state index contributed by atoms with van der Waals surface area (Å²) in [4.78, 5) is 26.3. The first kappa shape index (κ1) is 14.9. The van der Waals surface area contributed by atoms with Crippen LogP contribution in [0.2, 0.25) is 0 Å². The molecule has 0 unspecified atom stereocenters. The summed E-state index contributed by atoms with van der Waals surface area (Å²) in [5.74, 6) is -0.871. The van der Waals surface area contributed by atoms with E-state index in [-0.39, 0.29) is 12.5 Å². The Morgan fingerprint density at radius 2 is 2.21 bits per heavy atom. The van der Waals surface area contributed by atoms with E-state index in [0.29, 0.717) is 24.3 Å². The third kappa shape index (κ3) is 5.37. The van der Waals surface area contributed by atoms with Crippen molar-refractivity contribution in [2.75, 3.05) is 11.9 Å². The van der Waals surface area contributed by atoms with Crippen LogP contribution in [0.15, 0.2) is 18.3 Å². The lowest BCUT2D eigenvalue weighted by Gasteiger charge is -2.11. The highest BCUT2D eigenvalue weighted by molar-refractivity contribution is 5.94. The van der Waals surface area contributed by atoms with Crippen molar-refractivity contribution in [2.45, 2.75) is 32.8 Å². The Morgan fingerprint density at radius 3 is 2.84 bits per heavy atom. The van der Waals surface area contributed by atoms with Crippen LogP contribution in [0.4, 0.5) is 5.82 Å². The van der Waals surface area contributed by atoms with Crippen molar-refractivity contribution in [1.29, 1.82) is 0 Å². The maximum absolute atomic E-state index is 11.8. The minimum Gasteiger partial charge on any atom is -0.481 e. The van der Waals surface area contributed by atoms with Crippen LogP contribution >= 0.6 is 0 Å². The molecule has 0 fully saturated rings. The van der Waals surface area contributed by atoms with Gasteiger partial charge in [-0.1, -0.05) is 0 Å². The van der Waals surface area contributed by atoms with Gasteiger partial charge in [0.25, 0.3) is 0 Å². The molecule has 1 aromatic rings. The van der Waals surface area contributed by atoms with Gasteiger partial charge in [0.05, 0.1) is 6.10 Å². The van der Waals surface area contributed by atoms with E-state index in [9.17, 15) is 9.59 Å². The molecule has 1 aromatic heterocycles. The smallest absolute Gasteiger partial charge is 0.342 e. The van der Waals surface area contributed by atoms with Gasteiger partial charge >= 0.3 is 11.9 Å². The molecular weight excluding hydrogens is 248 g/mol. The number of carboxylic acid groups (broad SMARTS) is 1. The summed E-state index contributed by atoms with van der Waals surface area (Å²) in [6, 6.07) is 3.27. The number of ether oxygens (including phenoxy) is 1. The van der Waals surface area contributed by atoms with Gasteiger partial charge < -0.3 is 15.2 Å². The molecule has 1 rings (SSSR count). The summed E-state index contributed by atoms with van der Waals surface area (Å²) >= 11 is 0. The van der Waals surface area contributed by atoms with Crippen molar-refractivity contribution < 1.29 is 19.4 Å². The number of esters is 1. The summed E-state index contributed by atoms with van der Waals surface area (Å²) in [6.07, 6.45) is 1.90. The Kier molecular flexibility index (Phi) is 5.78. The van der Waals surface area contributed by atoms with Crippen molar-refractivity contribution >= 4 is 17.8 Å². The molecule has 104 valence electrons. The number of aliphatic carboxylic acids is 1. The van der Waals surface area contributed by atoms with Crippen molar-refractivity contribution in [3.05, 3.63) is 23.9 Å². The third-order valence-corrected chi connectivity index (χ3v) is 2.23. The van der Waals surface area contributed by atoms with E-state index in [1.54, 1.807) is 32.2 Å². The number of carbonyl (C=O) groups excluding carboxylic acids is 1. The average Bonchev–Trinajstić information content (AvgIpc) is 2.34. The number of rotatable bonds is 7. The number of pyridine rings is 1. The first-order valence-corrected chi connectivity index (χ1v) is 6.12. The molecule has 0 radical (unpaired) electrons. The van der Waals surface area contributed by atoms with E-state index < -0.39 is 11.9 Å². The molecule has 0 aliphatic rings. The minimum atomic E-state index is -0.845. The van der Waals surface area contributed by atoms with Crippen LogP contribution in [-0.4, -0.2) is 34.7 Å². The summed E-state index contributed by atoms with van der Waals surface area (Å²) in [6.45, 7) is 3.98. The van der Waals surface area contributed by atoms with Crippen LogP contribution in [0.25, 0.3) is 0 Å². The number of aromatic nitrogens is 1. The summed E-state index contributed by atoms with van der Waals surface area (Å²) in [7, 11) is 0. The number of carboxylic acids is 1. The van der Waals surface area contributed by atoms with E-state index in [1.807, 2.05) is 0 Å². The van der Waals surface area contributed by atoms with E-state index in [0.717, 1.165) is 0 Å². The molecule has 0 aromatic carbocycles. The van der Waals surface area contributed by atoms with Gasteiger partial charge in [-0.2, -0.15) is 0 Å². The molecule has 0 saturated heterocycles. The predicted octanol–water partition coefficient (Wildman–Crippen LogP) is 1.92. The molecule has 19 heavy (non-hydrogen) atoms. The summed E-state index contributed by atoms with van der Waals surface area (Å²) in [5, 5.41) is 11.5. The highest BCUT2D eigenvalue weighted by Crippen LogP contribution is 2.13. The lowest BCUT2D eigenvalue weighted by atomic mass is 10.2. The van der Waals surface area contributed by atoms with Crippen LogP contribution in [0, 0.1) is 0 Å². The molecule has 2 N–H and O–H groups in total. The fraction of sp³-hybridized carbons (Fsp3) is 0.462. The largest absolute Gasteiger partial charge is 0.481 e. The SMILES string of the molecule is CC(C)OC(=O)c1cccnc1NCCCC(=O)O. The minimum absolute atomic E-state index is 0.0750. The number of nitrogens with zero attached hydrogens (tertiary/aromatic N) is 1. The highest BCUT2D eigenvalue weighted by Gasteiger charge is 2.14. The third-order valence-electron chi connectivity index (χ3n) is 2.23. The Hall–Kier alpha value is -2.11. The van der Waals surface area contributed by atoms with E-state index in [2.05, 4.69) is 10.3 Å². The average molecular weight is 266 g/mol. The van der Waals surface area contributed by atoms with Crippen molar-refractivity contribution in [2.24, 2.45) is 0 Å². The monoisotopic (exact) mass is 266 g/mol. The Bertz CT molecular complexity index is 446. The van der Waals surface area contributed by atoms with Gasteiger partial charge in [0.2, 0.25) is 0 Å². The predicted molar refractivity (Wildman–Crippen MR) is 70.1 cm³/mol. The first-order valence-electron chi connectivity index (χ1n) is 6.12. The van der Waals surface area contributed by atoms with Crippen molar-refractivity contribution in [3.63, 3.8) is 0 Å². The zero-order valence-corrected chi connectivity index (χ0v) is 11.0. The molecule has 6 nitrogen and oxygen atoms in total. The molecular formula is C13H18N2O4. The second-order valence-electron chi connectivity index (χ2n) is 4.28. The maximum Gasteiger partial charge on any atom is 0.342 e. The van der Waals surface area contributed by atoms with Crippen LogP contribution in [0.3, 0.4) is 0 Å². The molecule has 0 amide bonds. The van der Waals surface area contributed by atoms with Gasteiger partial charge in [-0.15, -0.1) is 0 Å². The van der Waals surface area contributed by atoms with E-state index in [1.165, 1.54) is 0 Å². The van der Waals surface area contributed by atoms with Gasteiger partial charge in [-0.25, -0.2) is 9.78 Å². The fourth-order valence-electron chi connectivity index (χ4n) is 1.43. The standard InChI is InChI=1S/C13H18N2O4/c1-9(2)19-13(18)10-5-3-7-14-12(10)15-8-4-6-11(16)17/h3,5,7,9H,4,6,8H2,1-2H3,(H,14,15)(H,16,17). The van der Waals surface area contributed by atoms with Gasteiger partial charge in [0, 0.05) is 19.2 Å². The maximum atomic E-state index is 11.8. The zero-order valence-electron chi connectivity index (χ0n) is 11.0. The molecule has 0 aliphatic carbocycles. The Morgan fingerprint density at radius 1 is 1.47 bits per heavy atom. The van der Waals surface area contributed by atoms with Gasteiger partial charge in [0.1, 0.15) is 11.4 Å². The lowest BCUT2D eigenvalue weighted by molar-refractivity contribution is -0.137. The molecule has 6 heteroatoms. The van der Waals surface area contributed by atoms with Crippen LogP contribution < -0.4 is 5.32 Å². The zero-order chi connectivity index (χ0) is 14.3. The fourth-order valence-corrected chi connectivity index (χ4v) is 1.43. The molecule has 0 bridgehead atoms. The Balaban J connectivity index is 2.62. The first-order chi connectivity index (χ1) is 9.00. The second kappa shape index (κ2) is 7.35. The summed E-state index contributed by atoms with van der Waals surface area (Å²) in [5.41, 5.74) is 0.353. The molecule has 0 spiro atoms. The topological polar surface area (TPSA) is 88.5 Å². The Labute approximate surface area is 111 Å². The molecule has 0 atom stereocenters. The molecule has 0 aliphatic heterocycles. The van der Waals surface area contributed by atoms with E-state index in [4.69, 9.17) is 9.84 Å². The van der Waals surface area contributed by atoms with Crippen LogP contribution in [-0.2, 0) is 9.53 Å². The van der Waals surface area contributed by atoms with Crippen LogP contribution in [0.1, 0.15) is 37.0 Å². The highest BCUT2D eigenvalue weighted by atomic mass is 16.5. The number of nitrogens with one attached hydrogen (secondary N) is 1. The lowest BCUT2D eigenvalue weighted by Crippen LogP contribution is -2.15. The van der Waals surface area contributed by atoms with Crippen molar-refractivity contribution in [1.82, 2.24) is 4.98 Å². The molecule has 0 saturated carbocycles. The normalized spacial score (nSPS) is 10.3. The number of hydrogen-bond acceptors (Lipinski definition) is 5. The quantitative estimate of drug-likeness (QED) is 0.579. The van der Waals surface area contributed by atoms with Gasteiger partial charge in [-0.3, -0.25) is 4.79 Å². The van der Waals surface area contributed by atoms with Gasteiger partial charge in [0.15, 0.2) is 0 Å². The molecule has 1 heterocycles. The van der Waals surface area contributed by atoms with E-state index >= 15 is 0 Å². The van der Waals surface area contributed by atoms with Crippen LogP contribution in [0.5, 0.6) is 0 Å². The number of carbonyl (C=O) groups is 2.